The van der Waals surface area contributed by atoms with Crippen LogP contribution in [0.1, 0.15) is 29.2 Å². The Balaban J connectivity index is 1.38. The largest absolute Gasteiger partial charge is 0.439 e. The molecule has 3 heterocycles. The average molecular weight is 469 g/mol. The van der Waals surface area contributed by atoms with E-state index in [1.165, 1.54) is 11.8 Å². The Bertz CT molecular complexity index is 1320. The molecule has 2 atom stereocenters. The number of thioether (sulfide) groups is 1. The van der Waals surface area contributed by atoms with E-state index in [9.17, 15) is 4.79 Å². The van der Waals surface area contributed by atoms with Crippen LogP contribution in [0.3, 0.4) is 0 Å². The third-order valence-electron chi connectivity index (χ3n) is 6.30. The van der Waals surface area contributed by atoms with Crippen molar-refractivity contribution < 1.29 is 9.53 Å². The van der Waals surface area contributed by atoms with Crippen LogP contribution in [0.4, 0.5) is 5.69 Å². The van der Waals surface area contributed by atoms with Crippen molar-refractivity contribution in [2.24, 2.45) is 5.10 Å². The molecule has 6 nitrogen and oxygen atoms in total. The number of rotatable bonds is 3. The number of carbonyl (C=O) groups excluding carboxylic acids is 1. The van der Waals surface area contributed by atoms with E-state index >= 15 is 0 Å². The fourth-order valence-electron chi connectivity index (χ4n) is 4.56. The molecule has 0 radical (unpaired) electrons. The van der Waals surface area contributed by atoms with Gasteiger partial charge in [-0.3, -0.25) is 10.1 Å². The summed E-state index contributed by atoms with van der Waals surface area (Å²) in [5, 5.41) is 8.88. The van der Waals surface area contributed by atoms with Gasteiger partial charge in [0.25, 0.3) is 5.91 Å². The number of hydrogen-bond donors (Lipinski definition) is 1. The Morgan fingerprint density at radius 2 is 1.79 bits per heavy atom. The first-order valence-electron chi connectivity index (χ1n) is 11.2. The second kappa shape index (κ2) is 7.95. The lowest BCUT2D eigenvalue weighted by atomic mass is 9.97. The highest BCUT2D eigenvalue weighted by molar-refractivity contribution is 8.05. The van der Waals surface area contributed by atoms with E-state index in [0.717, 1.165) is 40.3 Å². The molecule has 6 rings (SSSR count). The van der Waals surface area contributed by atoms with E-state index in [0.29, 0.717) is 4.91 Å². The maximum absolute atomic E-state index is 13.1. The molecule has 34 heavy (non-hydrogen) atoms. The lowest BCUT2D eigenvalue weighted by Crippen LogP contribution is -2.58. The number of nitrogens with zero attached hydrogens (tertiary/aromatic N) is 3. The van der Waals surface area contributed by atoms with Crippen molar-refractivity contribution in [2.45, 2.75) is 17.6 Å². The standard InChI is InChI=1S/C27H24N4O2S/c1-30(2)20-14-12-18(13-15-20)16-25-26(32)28-27(34-25)31-23(21-10-6-7-11-24(21)33-27)17-22(29-31)19-8-4-3-5-9-19/h3-16,23H,17H2,1-2H3,(H,28,32)/b25-16-/t23-,27-/m1/s1. The summed E-state index contributed by atoms with van der Waals surface area (Å²) in [5.41, 5.74) is 5.21. The van der Waals surface area contributed by atoms with Crippen molar-refractivity contribution in [3.8, 4) is 5.75 Å². The number of hydrazone groups is 1. The summed E-state index contributed by atoms with van der Waals surface area (Å²) in [6.07, 6.45) is 2.65. The third kappa shape index (κ3) is 3.44. The van der Waals surface area contributed by atoms with Gasteiger partial charge in [-0.05, 0) is 47.2 Å². The number of ether oxygens (including phenoxy) is 1. The van der Waals surface area contributed by atoms with Crippen LogP contribution in [0.5, 0.6) is 5.75 Å². The lowest BCUT2D eigenvalue weighted by Gasteiger charge is -2.43. The van der Waals surface area contributed by atoms with Gasteiger partial charge in [0.1, 0.15) is 5.75 Å². The molecule has 1 spiro atoms. The van der Waals surface area contributed by atoms with Gasteiger partial charge >= 0.3 is 5.18 Å². The number of benzene rings is 3. The van der Waals surface area contributed by atoms with E-state index in [1.807, 2.05) is 90.7 Å². The van der Waals surface area contributed by atoms with Crippen LogP contribution in [-0.2, 0) is 4.79 Å². The van der Waals surface area contributed by atoms with Gasteiger partial charge in [0.05, 0.1) is 16.7 Å². The Labute approximate surface area is 202 Å². The summed E-state index contributed by atoms with van der Waals surface area (Å²) in [4.78, 5) is 15.8. The molecular weight excluding hydrogens is 444 g/mol. The molecule has 0 aromatic heterocycles. The van der Waals surface area contributed by atoms with Crippen LogP contribution in [0, 0.1) is 0 Å². The molecular formula is C27H24N4O2S. The van der Waals surface area contributed by atoms with Crippen LogP contribution >= 0.6 is 11.8 Å². The maximum atomic E-state index is 13.1. The molecule has 3 aromatic rings. The first-order chi connectivity index (χ1) is 16.5. The Morgan fingerprint density at radius 1 is 1.06 bits per heavy atom. The first-order valence-corrected chi connectivity index (χ1v) is 12.0. The topological polar surface area (TPSA) is 57.2 Å². The highest BCUT2D eigenvalue weighted by Gasteiger charge is 2.57. The van der Waals surface area contributed by atoms with Crippen LogP contribution in [0.15, 0.2) is 88.9 Å². The van der Waals surface area contributed by atoms with Crippen molar-refractivity contribution in [1.29, 1.82) is 0 Å². The quantitative estimate of drug-likeness (QED) is 0.559. The average Bonchev–Trinajstić information content (AvgIpc) is 3.43. The number of anilines is 1. The Hall–Kier alpha value is -3.71. The molecule has 0 aliphatic carbocycles. The summed E-state index contributed by atoms with van der Waals surface area (Å²) in [6, 6.07) is 26.3. The molecule has 1 amide bonds. The van der Waals surface area contributed by atoms with E-state index in [4.69, 9.17) is 9.84 Å². The van der Waals surface area contributed by atoms with E-state index in [-0.39, 0.29) is 11.9 Å². The van der Waals surface area contributed by atoms with Crippen molar-refractivity contribution in [1.82, 2.24) is 10.3 Å². The molecule has 7 heteroatoms. The second-order valence-corrected chi connectivity index (χ2v) is 9.95. The molecule has 1 saturated heterocycles. The Morgan fingerprint density at radius 3 is 2.56 bits per heavy atom. The van der Waals surface area contributed by atoms with Gasteiger partial charge in [-0.15, -0.1) is 0 Å². The minimum Gasteiger partial charge on any atom is -0.439 e. The fourth-order valence-corrected chi connectivity index (χ4v) is 5.74. The summed E-state index contributed by atoms with van der Waals surface area (Å²) in [5.74, 6) is 0.612. The normalized spacial score (nSPS) is 23.9. The molecule has 170 valence electrons. The molecule has 3 aromatic carbocycles. The molecule has 0 bridgehead atoms. The monoisotopic (exact) mass is 468 g/mol. The zero-order valence-corrected chi connectivity index (χ0v) is 19.8. The molecule has 1 N–H and O–H groups in total. The highest BCUT2D eigenvalue weighted by atomic mass is 32.2. The lowest BCUT2D eigenvalue weighted by molar-refractivity contribution is -0.127. The second-order valence-electron chi connectivity index (χ2n) is 8.75. The van der Waals surface area contributed by atoms with Crippen LogP contribution in [0.25, 0.3) is 6.08 Å². The van der Waals surface area contributed by atoms with Gasteiger partial charge in [-0.25, -0.2) is 5.01 Å². The van der Waals surface area contributed by atoms with Crippen molar-refractivity contribution in [2.75, 3.05) is 19.0 Å². The fraction of sp³-hybridized carbons (Fsp3) is 0.185. The van der Waals surface area contributed by atoms with Crippen LogP contribution in [-0.4, -0.2) is 35.9 Å². The number of fused-ring (bicyclic) bond motifs is 4. The smallest absolute Gasteiger partial charge is 0.336 e. The highest BCUT2D eigenvalue weighted by Crippen LogP contribution is 2.53. The summed E-state index contributed by atoms with van der Waals surface area (Å²) < 4.78 is 6.47. The van der Waals surface area contributed by atoms with Gasteiger partial charge in [0, 0.05) is 31.8 Å². The molecule has 3 aliphatic rings. The Kier molecular flexibility index (Phi) is 4.88. The molecule has 3 aliphatic heterocycles. The number of para-hydroxylation sites is 1. The van der Waals surface area contributed by atoms with Gasteiger partial charge in [-0.2, -0.15) is 5.10 Å². The van der Waals surface area contributed by atoms with Gasteiger partial charge < -0.3 is 9.64 Å². The van der Waals surface area contributed by atoms with Gasteiger partial charge in [-0.1, -0.05) is 60.7 Å². The summed E-state index contributed by atoms with van der Waals surface area (Å²) in [7, 11) is 4.01. The minimum absolute atomic E-state index is 0.0216. The minimum atomic E-state index is -1.12. The van der Waals surface area contributed by atoms with Crippen molar-refractivity contribution >= 4 is 35.1 Å². The van der Waals surface area contributed by atoms with Crippen LogP contribution < -0.4 is 15.0 Å². The predicted octanol–water partition coefficient (Wildman–Crippen LogP) is 4.81. The number of nitrogens with one attached hydrogen (secondary N) is 1. The zero-order chi connectivity index (χ0) is 23.3. The number of amides is 1. The van der Waals surface area contributed by atoms with E-state index in [2.05, 4.69) is 23.5 Å². The predicted molar refractivity (Wildman–Crippen MR) is 136 cm³/mol. The van der Waals surface area contributed by atoms with Crippen LogP contribution in [0.2, 0.25) is 0 Å². The SMILES string of the molecule is CN(C)c1ccc(/C=C2\S[C@@]3(NC2=O)Oc2ccccc2[C@H]2CC(c4ccccc4)=NN23)cc1. The van der Waals surface area contributed by atoms with Gasteiger partial charge in [0.2, 0.25) is 0 Å². The van der Waals surface area contributed by atoms with Crippen molar-refractivity contribution in [3.63, 3.8) is 0 Å². The first kappa shape index (κ1) is 20.9. The number of hydrogen-bond acceptors (Lipinski definition) is 6. The summed E-state index contributed by atoms with van der Waals surface area (Å²) >= 11 is 1.37. The van der Waals surface area contributed by atoms with Gasteiger partial charge in [0.15, 0.2) is 0 Å². The third-order valence-corrected chi connectivity index (χ3v) is 7.47. The molecule has 1 fully saturated rings. The number of carbonyl (C=O) groups is 1. The maximum Gasteiger partial charge on any atom is 0.336 e. The summed E-state index contributed by atoms with van der Waals surface area (Å²) in [6.45, 7) is 0. The molecule has 0 saturated carbocycles. The van der Waals surface area contributed by atoms with E-state index in [1.54, 1.807) is 0 Å². The van der Waals surface area contributed by atoms with Crippen molar-refractivity contribution in [3.05, 3.63) is 100 Å². The molecule has 0 unspecified atom stereocenters. The zero-order valence-electron chi connectivity index (χ0n) is 18.9. The van der Waals surface area contributed by atoms with E-state index < -0.39 is 5.18 Å².